The van der Waals surface area contributed by atoms with E-state index in [0.29, 0.717) is 0 Å². The Balaban J connectivity index is 0.000000207. The maximum atomic E-state index is 9.37. The quantitative estimate of drug-likeness (QED) is 0.0590. The van der Waals surface area contributed by atoms with Crippen molar-refractivity contribution in [3.63, 3.8) is 0 Å². The Labute approximate surface area is 441 Å². The molecule has 0 amide bonds. The Kier molecular flexibility index (Phi) is 19.6. The van der Waals surface area contributed by atoms with Gasteiger partial charge in [0.15, 0.2) is 6.20 Å². The molecule has 14 nitrogen and oxygen atoms in total. The van der Waals surface area contributed by atoms with Crippen molar-refractivity contribution in [3.8, 4) is 0 Å². The molecule has 0 saturated heterocycles. The average molecular weight is 1030 g/mol. The first kappa shape index (κ1) is 56.4. The number of aromatic nitrogens is 8. The van der Waals surface area contributed by atoms with E-state index in [1.54, 1.807) is 6.92 Å². The third kappa shape index (κ3) is 13.7. The minimum absolute atomic E-state index is 0. The molecule has 74 heavy (non-hydrogen) atoms. The predicted octanol–water partition coefficient (Wildman–Crippen LogP) is 12.2. The fraction of sp³-hybridized carbons (Fsp3) is 0.203. The van der Waals surface area contributed by atoms with E-state index < -0.39 is 11.9 Å². The third-order valence-corrected chi connectivity index (χ3v) is 12.2. The number of carboxylic acid groups (broad SMARTS) is 2. The van der Waals surface area contributed by atoms with E-state index in [-0.39, 0.29) is 23.5 Å². The van der Waals surface area contributed by atoms with E-state index in [9.17, 15) is 4.79 Å². The summed E-state index contributed by atoms with van der Waals surface area (Å²) in [5.41, 5.74) is 24.8. The number of hydrogen-bond acceptors (Lipinski definition) is 8. The van der Waals surface area contributed by atoms with Crippen molar-refractivity contribution >= 4 is 111 Å². The number of fused-ring (bicyclic) bond motifs is 16. The second kappa shape index (κ2) is 25.8. The molecule has 15 heteroatoms. The van der Waals surface area contributed by atoms with Gasteiger partial charge in [0.05, 0.1) is 45.6 Å². The Hall–Kier alpha value is -8.48. The van der Waals surface area contributed by atoms with E-state index in [1.807, 2.05) is 18.4 Å². The summed E-state index contributed by atoms with van der Waals surface area (Å²) in [6, 6.07) is 16.8. The van der Waals surface area contributed by atoms with Crippen LogP contribution in [0.25, 0.3) is 92.7 Å². The zero-order chi connectivity index (χ0) is 52.9. The molecule has 0 atom stereocenters. The maximum absolute atomic E-state index is 9.37. The van der Waals surface area contributed by atoms with Gasteiger partial charge in [-0.15, -0.1) is 22.1 Å². The molecule has 0 unspecified atom stereocenters. The van der Waals surface area contributed by atoms with Gasteiger partial charge in [0.1, 0.15) is 24.6 Å². The molecule has 1 radical (unpaired) electrons. The maximum Gasteiger partial charge on any atom is 2.00 e. The number of hydrogen-bond donors (Lipinski definition) is 5. The summed E-state index contributed by atoms with van der Waals surface area (Å²) in [5, 5.41) is 17.9. The molecule has 0 aromatic carbocycles. The summed E-state index contributed by atoms with van der Waals surface area (Å²) in [6.45, 7) is 20.9. The number of rotatable bonds is 1. The average Bonchev–Trinajstić information content (AvgIpc) is 4.25. The minimum Gasteiger partial charge on any atom is -0.657 e. The molecule has 6 aromatic rings. The van der Waals surface area contributed by atoms with Gasteiger partial charge in [0.25, 0.3) is 5.97 Å². The molecular weight excluding hydrogens is 970 g/mol. The van der Waals surface area contributed by atoms with Crippen LogP contribution in [0.5, 0.6) is 0 Å². The van der Waals surface area contributed by atoms with Gasteiger partial charge in [0, 0.05) is 41.0 Å². The summed E-state index contributed by atoms with van der Waals surface area (Å²) in [7, 11) is 0. The Morgan fingerprint density at radius 3 is 1.00 bits per heavy atom. The minimum atomic E-state index is -0.833. The van der Waals surface area contributed by atoms with Gasteiger partial charge in [-0.05, 0) is 174 Å². The van der Waals surface area contributed by atoms with Gasteiger partial charge in [-0.1, -0.05) is 31.2 Å². The first-order chi connectivity index (χ1) is 34.9. The molecule has 11 heterocycles. The monoisotopic (exact) mass is 1030 g/mol. The largest absolute Gasteiger partial charge is 2.00 e. The number of H-pyrrole nitrogens is 2. The molecule has 6 aromatic heterocycles. The van der Waals surface area contributed by atoms with E-state index in [4.69, 9.17) is 49.7 Å². The molecule has 0 saturated carbocycles. The normalized spacial score (nSPS) is 11.6. The van der Waals surface area contributed by atoms with Crippen molar-refractivity contribution in [2.75, 3.05) is 0 Å². The number of aldehydes is 1. The fourth-order valence-corrected chi connectivity index (χ4v) is 7.66. The SMILES string of the molecule is CC(=O)O.CC=O.CCC(=O)O.Cc1c2nc(c(C)c3ccc([n-]3)c(C)c3nc(c(C)c4ccc1[n-]4)C=C3)C=C2.Cc1c2nc(c(C)c3ccc([nH]3)c(C)c3ccc([nH]3)c(C)c3nc1C=C3)C=C2.[C+]1=CC=CN1.[Mn+2]. The topological polar surface area (TPSA) is 215 Å². The third-order valence-electron chi connectivity index (χ3n) is 12.2. The van der Waals surface area contributed by atoms with Crippen LogP contribution in [0.1, 0.15) is 117 Å². The number of nitrogens with zero attached hydrogens (tertiary/aromatic N) is 6. The molecular formula is C59H60MnN9O5+. The number of aryl methyl sites for hydroxylation is 7. The number of carbonyl (C=O) groups is 3. The number of aliphatic carboxylic acids is 2. The van der Waals surface area contributed by atoms with Crippen molar-refractivity contribution < 1.29 is 41.7 Å². The molecule has 0 spiro atoms. The molecule has 5 N–H and O–H groups in total. The zero-order valence-corrected chi connectivity index (χ0v) is 44.6. The van der Waals surface area contributed by atoms with Gasteiger partial charge in [-0.3, -0.25) is 9.59 Å². The second-order valence-corrected chi connectivity index (χ2v) is 17.2. The molecule has 16 bridgehead atoms. The molecule has 0 fully saturated rings. The van der Waals surface area contributed by atoms with Crippen LogP contribution in [0.4, 0.5) is 0 Å². The van der Waals surface area contributed by atoms with Gasteiger partial charge in [0.2, 0.25) is 0 Å². The number of nitrogens with one attached hydrogen (secondary N) is 3. The number of allylic oxidation sites excluding steroid dienone is 2. The standard InChI is InChI=1S/C24H22N4.C24H20N4.C4H4N.C3H6O2.C2H4O2.C2H4O.Mn/c2*1-13-17-5-7-19(25-17)14(2)21-9-11-23(27-21)16(4)24-12-10-22(28-24)15(3)20-8-6-18(13)26-20;1-2-4-5-3-1;1-2-3(4)5;1-2(3)4;1-2-3;/h5-12,25-26H,1-4H3;5-12H,1-4H3;1-3,5H;2H2,1H3,(H,4,5);1H3,(H,3,4);2H,1H3;/q;-2;+1;;;;+2. The van der Waals surface area contributed by atoms with Crippen LogP contribution >= 0.6 is 0 Å². The molecule has 0 aliphatic carbocycles. The fourth-order valence-electron chi connectivity index (χ4n) is 7.66. The second-order valence-electron chi connectivity index (χ2n) is 17.2. The van der Waals surface area contributed by atoms with Crippen LogP contribution in [0.15, 0.2) is 66.9 Å². The van der Waals surface area contributed by atoms with Crippen molar-refractivity contribution in [1.82, 2.24) is 45.2 Å². The Morgan fingerprint density at radius 2 is 0.770 bits per heavy atom. The summed E-state index contributed by atoms with van der Waals surface area (Å²) < 4.78 is 0. The molecule has 5 aliphatic heterocycles. The van der Waals surface area contributed by atoms with E-state index >= 15 is 0 Å². The van der Waals surface area contributed by atoms with Crippen molar-refractivity contribution in [2.45, 2.75) is 82.6 Å². The van der Waals surface area contributed by atoms with E-state index in [0.717, 1.165) is 142 Å². The van der Waals surface area contributed by atoms with Gasteiger partial charge in [-0.25, -0.2) is 25.3 Å². The Morgan fingerprint density at radius 1 is 0.514 bits per heavy atom. The van der Waals surface area contributed by atoms with Crippen LogP contribution in [-0.4, -0.2) is 58.3 Å². The van der Waals surface area contributed by atoms with Gasteiger partial charge >= 0.3 is 23.0 Å². The van der Waals surface area contributed by atoms with Crippen LogP contribution in [-0.2, 0) is 31.5 Å². The first-order valence-electron chi connectivity index (χ1n) is 23.7. The number of carbonyl (C=O) groups excluding carboxylic acids is 1. The molecule has 377 valence electrons. The Bertz CT molecular complexity index is 3320. The smallest absolute Gasteiger partial charge is 0.657 e. The summed E-state index contributed by atoms with van der Waals surface area (Å²) in [6.07, 6.45) is 25.8. The molecule has 11 rings (SSSR count). The van der Waals surface area contributed by atoms with Crippen LogP contribution in [0.3, 0.4) is 0 Å². The van der Waals surface area contributed by atoms with Crippen molar-refractivity contribution in [2.24, 2.45) is 0 Å². The van der Waals surface area contributed by atoms with Gasteiger partial charge < -0.3 is 34.9 Å². The van der Waals surface area contributed by atoms with E-state index in [1.165, 1.54) is 12.5 Å². The van der Waals surface area contributed by atoms with Crippen LogP contribution < -0.4 is 15.3 Å². The summed E-state index contributed by atoms with van der Waals surface area (Å²) >= 11 is 0. The van der Waals surface area contributed by atoms with Crippen LogP contribution in [0.2, 0.25) is 0 Å². The van der Waals surface area contributed by atoms with E-state index in [2.05, 4.69) is 174 Å². The van der Waals surface area contributed by atoms with Crippen molar-refractivity contribution in [1.29, 1.82) is 0 Å². The molecule has 5 aliphatic rings. The number of aromatic amines is 2. The predicted molar refractivity (Wildman–Crippen MR) is 297 cm³/mol. The van der Waals surface area contributed by atoms with Crippen molar-refractivity contribution in [3.05, 3.63) is 163 Å². The summed E-state index contributed by atoms with van der Waals surface area (Å²) in [5.74, 6) is -1.58. The van der Waals surface area contributed by atoms with Gasteiger partial charge in [-0.2, -0.15) is 0 Å². The first-order valence-corrected chi connectivity index (χ1v) is 23.7. The number of carboxylic acids is 2. The zero-order valence-electron chi connectivity index (χ0n) is 43.4. The summed E-state index contributed by atoms with van der Waals surface area (Å²) in [4.78, 5) is 63.4. The van der Waals surface area contributed by atoms with Crippen LogP contribution in [0, 0.1) is 61.6 Å².